The molecule has 0 saturated heterocycles. The summed E-state index contributed by atoms with van der Waals surface area (Å²) in [6.45, 7) is 5.52. The SMILES string of the molecule is CC(C)NCc1cnn(Cc2ccc(Cl)c(F)c2)c1. The second-order valence-electron chi connectivity index (χ2n) is 4.83. The van der Waals surface area contributed by atoms with E-state index in [0.29, 0.717) is 12.6 Å². The number of nitrogens with zero attached hydrogens (tertiary/aromatic N) is 2. The summed E-state index contributed by atoms with van der Waals surface area (Å²) in [5.41, 5.74) is 1.96. The molecule has 0 fully saturated rings. The Morgan fingerprint density at radius 1 is 1.37 bits per heavy atom. The van der Waals surface area contributed by atoms with E-state index in [1.54, 1.807) is 16.8 Å². The Labute approximate surface area is 117 Å². The molecule has 0 amide bonds. The molecule has 0 bridgehead atoms. The molecule has 0 radical (unpaired) electrons. The Balaban J connectivity index is 2.01. The minimum absolute atomic E-state index is 0.144. The molecule has 2 aromatic rings. The minimum Gasteiger partial charge on any atom is -0.310 e. The highest BCUT2D eigenvalue weighted by molar-refractivity contribution is 6.30. The maximum Gasteiger partial charge on any atom is 0.142 e. The van der Waals surface area contributed by atoms with Gasteiger partial charge in [-0.15, -0.1) is 0 Å². The molecular weight excluding hydrogens is 265 g/mol. The maximum atomic E-state index is 13.3. The summed E-state index contributed by atoms with van der Waals surface area (Å²) in [6, 6.07) is 5.25. The molecule has 3 nitrogen and oxygen atoms in total. The molecule has 0 saturated carbocycles. The Morgan fingerprint density at radius 3 is 2.84 bits per heavy atom. The van der Waals surface area contributed by atoms with Crippen LogP contribution in [0.15, 0.2) is 30.6 Å². The van der Waals surface area contributed by atoms with Gasteiger partial charge in [0, 0.05) is 24.3 Å². The number of hydrogen-bond acceptors (Lipinski definition) is 2. The molecule has 1 heterocycles. The van der Waals surface area contributed by atoms with E-state index in [1.807, 2.05) is 12.4 Å². The van der Waals surface area contributed by atoms with Gasteiger partial charge in [0.25, 0.3) is 0 Å². The van der Waals surface area contributed by atoms with E-state index in [2.05, 4.69) is 24.3 Å². The summed E-state index contributed by atoms with van der Waals surface area (Å²) in [4.78, 5) is 0. The molecule has 1 N–H and O–H groups in total. The Bertz CT molecular complexity index is 551. The third-order valence-corrected chi connectivity index (χ3v) is 3.04. The molecule has 102 valence electrons. The molecule has 1 aromatic carbocycles. The van der Waals surface area contributed by atoms with Gasteiger partial charge in [0.15, 0.2) is 0 Å². The molecule has 0 unspecified atom stereocenters. The Morgan fingerprint density at radius 2 is 2.16 bits per heavy atom. The second-order valence-corrected chi connectivity index (χ2v) is 5.24. The second kappa shape index (κ2) is 6.17. The summed E-state index contributed by atoms with van der Waals surface area (Å²) < 4.78 is 15.1. The molecule has 0 aliphatic heterocycles. The van der Waals surface area contributed by atoms with E-state index < -0.39 is 5.82 Å². The lowest BCUT2D eigenvalue weighted by Crippen LogP contribution is -2.21. The zero-order chi connectivity index (χ0) is 13.8. The fourth-order valence-corrected chi connectivity index (χ4v) is 1.85. The van der Waals surface area contributed by atoms with Crippen LogP contribution < -0.4 is 5.32 Å². The van der Waals surface area contributed by atoms with Crippen molar-refractivity contribution in [3.05, 3.63) is 52.6 Å². The van der Waals surface area contributed by atoms with Gasteiger partial charge in [-0.05, 0) is 17.7 Å². The van der Waals surface area contributed by atoms with Gasteiger partial charge in [-0.1, -0.05) is 31.5 Å². The normalized spacial score (nSPS) is 11.2. The summed E-state index contributed by atoms with van der Waals surface area (Å²) in [7, 11) is 0. The van der Waals surface area contributed by atoms with Gasteiger partial charge in [0.2, 0.25) is 0 Å². The topological polar surface area (TPSA) is 29.9 Å². The van der Waals surface area contributed by atoms with Crippen LogP contribution in [0.25, 0.3) is 0 Å². The van der Waals surface area contributed by atoms with E-state index in [0.717, 1.165) is 17.7 Å². The predicted octanol–water partition coefficient (Wildman–Crippen LogP) is 3.22. The van der Waals surface area contributed by atoms with Crippen LogP contribution in [0.1, 0.15) is 25.0 Å². The summed E-state index contributed by atoms with van der Waals surface area (Å²) in [5, 5.41) is 7.73. The number of halogens is 2. The van der Waals surface area contributed by atoms with Gasteiger partial charge >= 0.3 is 0 Å². The summed E-state index contributed by atoms with van der Waals surface area (Å²) >= 11 is 5.65. The maximum absolute atomic E-state index is 13.3. The Kier molecular flexibility index (Phi) is 4.56. The first kappa shape index (κ1) is 14.0. The highest BCUT2D eigenvalue weighted by atomic mass is 35.5. The molecule has 0 atom stereocenters. The van der Waals surface area contributed by atoms with E-state index in [9.17, 15) is 4.39 Å². The van der Waals surface area contributed by atoms with Crippen molar-refractivity contribution in [1.29, 1.82) is 0 Å². The van der Waals surface area contributed by atoms with E-state index >= 15 is 0 Å². The van der Waals surface area contributed by atoms with Crippen molar-refractivity contribution in [3.63, 3.8) is 0 Å². The molecule has 0 aliphatic rings. The van der Waals surface area contributed by atoms with Crippen LogP contribution in [0, 0.1) is 5.82 Å². The lowest BCUT2D eigenvalue weighted by molar-refractivity contribution is 0.588. The van der Waals surface area contributed by atoms with Crippen molar-refractivity contribution in [2.75, 3.05) is 0 Å². The van der Waals surface area contributed by atoms with Gasteiger partial charge in [0.1, 0.15) is 5.82 Å². The van der Waals surface area contributed by atoms with Gasteiger partial charge in [0.05, 0.1) is 17.8 Å². The van der Waals surface area contributed by atoms with Crippen LogP contribution in [0.4, 0.5) is 4.39 Å². The fraction of sp³-hybridized carbons (Fsp3) is 0.357. The summed E-state index contributed by atoms with van der Waals surface area (Å²) in [5.74, 6) is -0.395. The zero-order valence-corrected chi connectivity index (χ0v) is 11.8. The molecule has 19 heavy (non-hydrogen) atoms. The standard InChI is InChI=1S/C14H17ClFN3/c1-10(2)17-6-12-7-18-19(9-12)8-11-3-4-13(15)14(16)5-11/h3-5,7,9-10,17H,6,8H2,1-2H3. The lowest BCUT2D eigenvalue weighted by Gasteiger charge is -2.05. The van der Waals surface area contributed by atoms with Crippen molar-refractivity contribution in [2.24, 2.45) is 0 Å². The third-order valence-electron chi connectivity index (χ3n) is 2.73. The van der Waals surface area contributed by atoms with Crippen LogP contribution >= 0.6 is 11.6 Å². The van der Waals surface area contributed by atoms with Crippen molar-refractivity contribution in [2.45, 2.75) is 33.0 Å². The number of benzene rings is 1. The third kappa shape index (κ3) is 4.04. The smallest absolute Gasteiger partial charge is 0.142 e. The molecule has 2 rings (SSSR count). The first-order valence-electron chi connectivity index (χ1n) is 6.23. The molecule has 0 spiro atoms. The monoisotopic (exact) mass is 281 g/mol. The highest BCUT2D eigenvalue weighted by Gasteiger charge is 2.04. The van der Waals surface area contributed by atoms with Gasteiger partial charge < -0.3 is 5.32 Å². The van der Waals surface area contributed by atoms with Crippen LogP contribution in [0.5, 0.6) is 0 Å². The van der Waals surface area contributed by atoms with Gasteiger partial charge in [-0.25, -0.2) is 4.39 Å². The molecule has 0 aliphatic carbocycles. The summed E-state index contributed by atoms with van der Waals surface area (Å²) in [6.07, 6.45) is 3.78. The van der Waals surface area contributed by atoms with Crippen molar-refractivity contribution in [3.8, 4) is 0 Å². The minimum atomic E-state index is -0.395. The quantitative estimate of drug-likeness (QED) is 0.912. The molecular formula is C14H17ClFN3. The van der Waals surface area contributed by atoms with Crippen LogP contribution in [0.2, 0.25) is 5.02 Å². The van der Waals surface area contributed by atoms with Crippen LogP contribution in [-0.4, -0.2) is 15.8 Å². The van der Waals surface area contributed by atoms with Crippen molar-refractivity contribution < 1.29 is 4.39 Å². The molecule has 1 aromatic heterocycles. The van der Waals surface area contributed by atoms with Crippen molar-refractivity contribution >= 4 is 11.6 Å². The predicted molar refractivity (Wildman–Crippen MR) is 74.7 cm³/mol. The molecule has 5 heteroatoms. The number of hydrogen-bond donors (Lipinski definition) is 1. The average Bonchev–Trinajstić information content (AvgIpc) is 2.79. The highest BCUT2D eigenvalue weighted by Crippen LogP contribution is 2.16. The Hall–Kier alpha value is -1.39. The number of rotatable bonds is 5. The van der Waals surface area contributed by atoms with E-state index in [1.165, 1.54) is 6.07 Å². The van der Waals surface area contributed by atoms with E-state index in [-0.39, 0.29) is 5.02 Å². The van der Waals surface area contributed by atoms with Crippen LogP contribution in [0.3, 0.4) is 0 Å². The fourth-order valence-electron chi connectivity index (χ4n) is 1.73. The van der Waals surface area contributed by atoms with Gasteiger partial charge in [-0.2, -0.15) is 5.10 Å². The first-order valence-corrected chi connectivity index (χ1v) is 6.61. The first-order chi connectivity index (χ1) is 9.04. The van der Waals surface area contributed by atoms with Crippen molar-refractivity contribution in [1.82, 2.24) is 15.1 Å². The van der Waals surface area contributed by atoms with E-state index in [4.69, 9.17) is 11.6 Å². The van der Waals surface area contributed by atoms with Gasteiger partial charge in [-0.3, -0.25) is 4.68 Å². The van der Waals surface area contributed by atoms with Crippen LogP contribution in [-0.2, 0) is 13.1 Å². The number of nitrogens with one attached hydrogen (secondary N) is 1. The largest absolute Gasteiger partial charge is 0.310 e. The zero-order valence-electron chi connectivity index (χ0n) is 11.0. The number of aromatic nitrogens is 2. The average molecular weight is 282 g/mol. The lowest BCUT2D eigenvalue weighted by atomic mass is 10.2.